The van der Waals surface area contributed by atoms with Crippen molar-refractivity contribution < 1.29 is 13.3 Å². The van der Waals surface area contributed by atoms with Gasteiger partial charge in [-0.25, -0.2) is 0 Å². The van der Waals surface area contributed by atoms with E-state index in [0.717, 1.165) is 0 Å². The van der Waals surface area contributed by atoms with E-state index in [4.69, 9.17) is 8.85 Å². The lowest BCUT2D eigenvalue weighted by atomic mass is 10.2. The summed E-state index contributed by atoms with van der Waals surface area (Å²) >= 11 is 0. The van der Waals surface area contributed by atoms with Crippen molar-refractivity contribution in [3.05, 3.63) is 0 Å². The van der Waals surface area contributed by atoms with Crippen LogP contribution in [-0.2, 0) is 8.85 Å². The van der Waals surface area contributed by atoms with E-state index in [0.29, 0.717) is 0 Å². The number of hydrogen-bond donors (Lipinski definition) is 0. The minimum absolute atomic E-state index is 0.0456. The topological polar surface area (TPSA) is 18.5 Å². The summed E-state index contributed by atoms with van der Waals surface area (Å²) in [4.78, 5) is 0. The molecular weight excluding hydrogens is 455 g/mol. The Labute approximate surface area is 213 Å². The summed E-state index contributed by atoms with van der Waals surface area (Å²) in [6.45, 7) is 35.0. The lowest BCUT2D eigenvalue weighted by molar-refractivity contribution is -0.909. The van der Waals surface area contributed by atoms with Crippen molar-refractivity contribution in [1.29, 1.82) is 0 Å². The standard InChI is InChI=1S/C27H64NO2Si3/c1-15-18-22-28(8,21-17-3)23-20-24-31(9,10)26(4,5)30-33(13,14)27(6,7)29-32(11,12)25-19-16-2/h15-25H2,1-14H3/q+1. The molecule has 0 spiro atoms. The van der Waals surface area contributed by atoms with Gasteiger partial charge in [0.1, 0.15) is 0 Å². The molecule has 0 aromatic rings. The second kappa shape index (κ2) is 13.2. The van der Waals surface area contributed by atoms with Crippen LogP contribution < -0.4 is 0 Å². The SMILES string of the molecule is CCCC[N+](C)(CCC)CCC[Si](C)(C)C(C)(C)O[Si](C)(C)C(C)(C)O[Si](C)(C)CCCC. The molecular formula is C27H64NO2Si3+. The van der Waals surface area contributed by atoms with Crippen LogP contribution in [0.15, 0.2) is 0 Å². The van der Waals surface area contributed by atoms with Gasteiger partial charge in [0.2, 0.25) is 8.32 Å². The van der Waals surface area contributed by atoms with Gasteiger partial charge in [0, 0.05) is 5.22 Å². The molecule has 0 bridgehead atoms. The van der Waals surface area contributed by atoms with E-state index in [1.807, 2.05) is 0 Å². The molecule has 0 saturated heterocycles. The summed E-state index contributed by atoms with van der Waals surface area (Å²) < 4.78 is 15.4. The minimum Gasteiger partial charge on any atom is -0.412 e. The third-order valence-corrected chi connectivity index (χ3v) is 20.6. The van der Waals surface area contributed by atoms with Crippen LogP contribution in [0.25, 0.3) is 0 Å². The molecule has 0 heterocycles. The van der Waals surface area contributed by atoms with Crippen molar-refractivity contribution >= 4 is 24.7 Å². The summed E-state index contributed by atoms with van der Waals surface area (Å²) in [5, 5.41) is -0.217. The smallest absolute Gasteiger partial charge is 0.216 e. The lowest BCUT2D eigenvalue weighted by Crippen LogP contribution is -2.65. The Morgan fingerprint density at radius 2 is 1.12 bits per heavy atom. The van der Waals surface area contributed by atoms with E-state index in [-0.39, 0.29) is 10.4 Å². The van der Waals surface area contributed by atoms with E-state index in [1.54, 1.807) is 0 Å². The largest absolute Gasteiger partial charge is 0.412 e. The molecule has 1 atom stereocenters. The second-order valence-electron chi connectivity index (χ2n) is 13.7. The average molecular weight is 519 g/mol. The fraction of sp³-hybridized carbons (Fsp3) is 1.00. The monoisotopic (exact) mass is 518 g/mol. The summed E-state index contributed by atoms with van der Waals surface area (Å²) in [5.74, 6) is 0. The highest BCUT2D eigenvalue weighted by atomic mass is 28.4. The fourth-order valence-electron chi connectivity index (χ4n) is 4.98. The van der Waals surface area contributed by atoms with Crippen LogP contribution in [0, 0.1) is 0 Å². The van der Waals surface area contributed by atoms with Crippen molar-refractivity contribution in [3.63, 3.8) is 0 Å². The zero-order chi connectivity index (χ0) is 26.2. The van der Waals surface area contributed by atoms with Crippen LogP contribution in [0.3, 0.4) is 0 Å². The van der Waals surface area contributed by atoms with Gasteiger partial charge in [-0.05, 0) is 85.2 Å². The van der Waals surface area contributed by atoms with Crippen LogP contribution in [0.4, 0.5) is 0 Å². The molecule has 0 saturated carbocycles. The maximum atomic E-state index is 7.19. The molecule has 0 aromatic carbocycles. The summed E-state index contributed by atoms with van der Waals surface area (Å²) in [7, 11) is -2.89. The van der Waals surface area contributed by atoms with Gasteiger partial charge in [0.05, 0.1) is 40.0 Å². The molecule has 0 radical (unpaired) electrons. The van der Waals surface area contributed by atoms with Gasteiger partial charge in [-0.2, -0.15) is 0 Å². The molecule has 0 aromatic heterocycles. The molecule has 33 heavy (non-hydrogen) atoms. The first-order valence-electron chi connectivity index (χ1n) is 14.0. The highest BCUT2D eigenvalue weighted by Gasteiger charge is 2.51. The van der Waals surface area contributed by atoms with Gasteiger partial charge in [-0.15, -0.1) is 0 Å². The van der Waals surface area contributed by atoms with Crippen molar-refractivity contribution in [2.75, 3.05) is 26.7 Å². The molecule has 6 heteroatoms. The van der Waals surface area contributed by atoms with Gasteiger partial charge in [0.25, 0.3) is 0 Å². The quantitative estimate of drug-likeness (QED) is 0.133. The maximum absolute atomic E-state index is 7.19. The fourth-order valence-corrected chi connectivity index (χ4v) is 14.5. The van der Waals surface area contributed by atoms with Crippen molar-refractivity contribution in [1.82, 2.24) is 0 Å². The van der Waals surface area contributed by atoms with E-state index in [1.165, 1.54) is 74.7 Å². The Morgan fingerprint density at radius 1 is 0.606 bits per heavy atom. The van der Waals surface area contributed by atoms with Crippen LogP contribution in [0.1, 0.15) is 87.0 Å². The van der Waals surface area contributed by atoms with E-state index < -0.39 is 24.7 Å². The number of rotatable bonds is 18. The molecule has 0 fully saturated rings. The zero-order valence-electron chi connectivity index (χ0n) is 25.5. The van der Waals surface area contributed by atoms with Gasteiger partial charge >= 0.3 is 0 Å². The second-order valence-corrected chi connectivity index (χ2v) is 27.9. The molecule has 0 rings (SSSR count). The third kappa shape index (κ3) is 11.0. The van der Waals surface area contributed by atoms with E-state index in [9.17, 15) is 0 Å². The average Bonchev–Trinajstić information content (AvgIpc) is 2.63. The molecule has 3 nitrogen and oxygen atoms in total. The van der Waals surface area contributed by atoms with Gasteiger partial charge in [-0.1, -0.05) is 53.1 Å². The Balaban J connectivity index is 5.28. The molecule has 200 valence electrons. The third-order valence-electron chi connectivity index (χ3n) is 8.57. The molecule has 0 aliphatic carbocycles. The molecule has 0 amide bonds. The van der Waals surface area contributed by atoms with Crippen LogP contribution in [0.5, 0.6) is 0 Å². The van der Waals surface area contributed by atoms with Crippen molar-refractivity contribution in [3.8, 4) is 0 Å². The first-order chi connectivity index (χ1) is 14.8. The predicted molar refractivity (Wildman–Crippen MR) is 158 cm³/mol. The number of quaternary nitrogens is 1. The predicted octanol–water partition coefficient (Wildman–Crippen LogP) is 8.62. The Morgan fingerprint density at radius 3 is 1.61 bits per heavy atom. The van der Waals surface area contributed by atoms with Gasteiger partial charge < -0.3 is 13.3 Å². The Bertz CT molecular complexity index is 562. The first-order valence-corrected chi connectivity index (χ1v) is 23.3. The van der Waals surface area contributed by atoms with Crippen molar-refractivity contribution in [2.45, 2.75) is 149 Å². The van der Waals surface area contributed by atoms with E-state index >= 15 is 0 Å². The van der Waals surface area contributed by atoms with E-state index in [2.05, 4.69) is 94.8 Å². The van der Waals surface area contributed by atoms with Crippen LogP contribution in [0.2, 0.25) is 51.4 Å². The highest BCUT2D eigenvalue weighted by molar-refractivity contribution is 6.82. The minimum atomic E-state index is -2.09. The molecule has 1 unspecified atom stereocenters. The molecule has 0 N–H and O–H groups in total. The Hall–Kier alpha value is 0.531. The first kappa shape index (κ1) is 33.5. The number of nitrogens with zero attached hydrogens (tertiary/aromatic N) is 1. The van der Waals surface area contributed by atoms with Crippen LogP contribution in [-0.4, -0.2) is 66.3 Å². The Kier molecular flexibility index (Phi) is 13.4. The summed E-state index contributed by atoms with van der Waals surface area (Å²) in [5.41, 5.74) is 0. The maximum Gasteiger partial charge on any atom is 0.216 e. The van der Waals surface area contributed by atoms with Crippen LogP contribution >= 0.6 is 0 Å². The normalized spacial score (nSPS) is 16.2. The lowest BCUT2D eigenvalue weighted by Gasteiger charge is -2.51. The highest BCUT2D eigenvalue weighted by Crippen LogP contribution is 2.38. The van der Waals surface area contributed by atoms with Gasteiger partial charge in [-0.3, -0.25) is 0 Å². The zero-order valence-corrected chi connectivity index (χ0v) is 28.5. The van der Waals surface area contributed by atoms with Crippen molar-refractivity contribution in [2.24, 2.45) is 0 Å². The number of unbranched alkanes of at least 4 members (excludes halogenated alkanes) is 2. The summed E-state index contributed by atoms with van der Waals surface area (Å²) in [6, 6.07) is 2.58. The molecule has 0 aliphatic rings. The molecule has 0 aliphatic heterocycles. The summed E-state index contributed by atoms with van der Waals surface area (Å²) in [6.07, 6.45) is 7.77. The number of hydrogen-bond acceptors (Lipinski definition) is 2. The van der Waals surface area contributed by atoms with Gasteiger partial charge in [0.15, 0.2) is 8.32 Å².